The summed E-state index contributed by atoms with van der Waals surface area (Å²) in [4.78, 5) is 41.6. The summed E-state index contributed by atoms with van der Waals surface area (Å²) < 4.78 is 0. The van der Waals surface area contributed by atoms with Crippen LogP contribution in [0, 0.1) is 0 Å². The van der Waals surface area contributed by atoms with Gasteiger partial charge in [0.25, 0.3) is 11.8 Å². The van der Waals surface area contributed by atoms with Crippen LogP contribution in [-0.2, 0) is 4.79 Å². The monoisotopic (exact) mass is 492 g/mol. The maximum atomic E-state index is 12.9. The van der Waals surface area contributed by atoms with E-state index in [9.17, 15) is 14.4 Å². The van der Waals surface area contributed by atoms with E-state index in [1.165, 1.54) is 6.20 Å². The van der Waals surface area contributed by atoms with Crippen molar-refractivity contribution in [1.29, 1.82) is 0 Å². The van der Waals surface area contributed by atoms with Gasteiger partial charge in [0.2, 0.25) is 5.91 Å². The Labute approximate surface area is 202 Å². The Hall–Kier alpha value is -2.88. The molecule has 9 nitrogen and oxygen atoms in total. The van der Waals surface area contributed by atoms with Gasteiger partial charge in [-0.3, -0.25) is 19.5 Å². The van der Waals surface area contributed by atoms with Crippen LogP contribution in [0.5, 0.6) is 0 Å². The number of carbonyl (C=O) groups excluding carboxylic acids is 3. The number of aromatic amines is 1. The average molecular weight is 493 g/mol. The number of aromatic nitrogens is 2. The number of amides is 3. The summed E-state index contributed by atoms with van der Waals surface area (Å²) in [5, 5.41) is 12.4. The lowest BCUT2D eigenvalue weighted by molar-refractivity contribution is -0.127. The molecule has 1 fully saturated rings. The fraction of sp³-hybridized carbons (Fsp3) is 0.364. The van der Waals surface area contributed by atoms with Crippen molar-refractivity contribution in [1.82, 2.24) is 25.3 Å². The molecule has 3 amide bonds. The Bertz CT molecular complexity index is 1030. The molecule has 176 valence electrons. The third-order valence-electron chi connectivity index (χ3n) is 5.10. The second-order valence-corrected chi connectivity index (χ2v) is 8.79. The van der Waals surface area contributed by atoms with E-state index < -0.39 is 11.8 Å². The molecule has 1 saturated heterocycles. The average Bonchev–Trinajstić information content (AvgIpc) is 3.21. The number of piperidine rings is 1. The summed E-state index contributed by atoms with van der Waals surface area (Å²) in [6.07, 6.45) is 6.23. The molecule has 11 heteroatoms. The highest BCUT2D eigenvalue weighted by Crippen LogP contribution is 2.25. The molecule has 1 aliphatic heterocycles. The fourth-order valence-corrected chi connectivity index (χ4v) is 4.05. The Kier molecular flexibility index (Phi) is 8.49. The van der Waals surface area contributed by atoms with Crippen LogP contribution in [0.1, 0.15) is 33.7 Å². The third-order valence-corrected chi connectivity index (χ3v) is 5.73. The normalized spacial score (nSPS) is 16.3. The van der Waals surface area contributed by atoms with E-state index in [2.05, 4.69) is 20.8 Å². The summed E-state index contributed by atoms with van der Waals surface area (Å²) >= 11 is 12.2. The van der Waals surface area contributed by atoms with Crippen molar-refractivity contribution in [2.75, 3.05) is 39.0 Å². The zero-order valence-electron chi connectivity index (χ0n) is 18.4. The predicted molar refractivity (Wildman–Crippen MR) is 128 cm³/mol. The molecule has 0 bridgehead atoms. The number of H-pyrrole nitrogens is 1. The zero-order chi connectivity index (χ0) is 24.0. The molecule has 3 N–H and O–H groups in total. The predicted octanol–water partition coefficient (Wildman–Crippen LogP) is 2.81. The number of halogens is 2. The van der Waals surface area contributed by atoms with Crippen LogP contribution in [0.3, 0.4) is 0 Å². The second kappa shape index (κ2) is 11.3. The first-order valence-electron chi connectivity index (χ1n) is 10.5. The molecule has 1 aromatic carbocycles. The van der Waals surface area contributed by atoms with E-state index in [1.54, 1.807) is 29.2 Å². The molecule has 0 spiro atoms. The standard InChI is InChI=1S/C22H26Cl2N6O3/c1-29(2)10-5-9-18(31)30-11-4-6-14(13-30)26-22(33)20-17(12-25-28-20)27-21(32)19-15(23)7-3-8-16(19)24/h3,5,7-9,12,14H,4,6,10-11,13H2,1-2H3,(H,25,28)(H,26,33)(H,27,32)/b9-5+/t14-/m1/s1. The number of carbonyl (C=O) groups is 3. The molecular weight excluding hydrogens is 467 g/mol. The minimum absolute atomic E-state index is 0.0816. The van der Waals surface area contributed by atoms with Crippen LogP contribution in [0.4, 0.5) is 5.69 Å². The van der Waals surface area contributed by atoms with Gasteiger partial charge in [0, 0.05) is 31.8 Å². The van der Waals surface area contributed by atoms with Crippen LogP contribution in [0.25, 0.3) is 0 Å². The molecule has 0 unspecified atom stereocenters. The molecular formula is C22H26Cl2N6O3. The lowest BCUT2D eigenvalue weighted by atomic mass is 10.1. The molecule has 3 rings (SSSR count). The topological polar surface area (TPSA) is 110 Å². The SMILES string of the molecule is CN(C)C/C=C/C(=O)N1CCC[C@@H](NC(=O)c2[nH]ncc2NC(=O)c2c(Cl)cccc2Cl)C1. The summed E-state index contributed by atoms with van der Waals surface area (Å²) in [5.41, 5.74) is 0.404. The molecule has 1 aromatic heterocycles. The van der Waals surface area contributed by atoms with Crippen molar-refractivity contribution in [3.05, 3.63) is 57.9 Å². The number of hydrogen-bond donors (Lipinski definition) is 3. The Morgan fingerprint density at radius 2 is 1.97 bits per heavy atom. The van der Waals surface area contributed by atoms with Crippen molar-refractivity contribution in [2.45, 2.75) is 18.9 Å². The number of nitrogens with one attached hydrogen (secondary N) is 3. The summed E-state index contributed by atoms with van der Waals surface area (Å²) in [6.45, 7) is 1.72. The molecule has 1 aliphatic rings. The fourth-order valence-electron chi connectivity index (χ4n) is 3.48. The first-order chi connectivity index (χ1) is 15.8. The Morgan fingerprint density at radius 1 is 1.24 bits per heavy atom. The van der Waals surface area contributed by atoms with Crippen molar-refractivity contribution >= 4 is 46.6 Å². The van der Waals surface area contributed by atoms with Gasteiger partial charge in [-0.05, 0) is 39.1 Å². The lowest BCUT2D eigenvalue weighted by Crippen LogP contribution is -2.49. The highest BCUT2D eigenvalue weighted by Gasteiger charge is 2.26. The highest BCUT2D eigenvalue weighted by molar-refractivity contribution is 6.40. The molecule has 0 radical (unpaired) electrons. The minimum atomic E-state index is -0.556. The number of benzene rings is 1. The van der Waals surface area contributed by atoms with Crippen LogP contribution < -0.4 is 10.6 Å². The minimum Gasteiger partial charge on any atom is -0.346 e. The number of nitrogens with zero attached hydrogens (tertiary/aromatic N) is 3. The van der Waals surface area contributed by atoms with E-state index >= 15 is 0 Å². The van der Waals surface area contributed by atoms with Gasteiger partial charge < -0.3 is 20.4 Å². The quantitative estimate of drug-likeness (QED) is 0.514. The smallest absolute Gasteiger partial charge is 0.271 e. The Morgan fingerprint density at radius 3 is 2.67 bits per heavy atom. The molecule has 2 heterocycles. The number of likely N-dealkylation sites (N-methyl/N-ethyl adjacent to an activating group) is 1. The van der Waals surface area contributed by atoms with E-state index in [0.717, 1.165) is 12.8 Å². The third kappa shape index (κ3) is 6.56. The number of hydrogen-bond acceptors (Lipinski definition) is 5. The van der Waals surface area contributed by atoms with Crippen LogP contribution in [0.15, 0.2) is 36.5 Å². The largest absolute Gasteiger partial charge is 0.346 e. The van der Waals surface area contributed by atoms with Crippen LogP contribution >= 0.6 is 23.2 Å². The van der Waals surface area contributed by atoms with Gasteiger partial charge in [0.15, 0.2) is 0 Å². The van der Waals surface area contributed by atoms with Crippen molar-refractivity contribution in [2.24, 2.45) is 0 Å². The number of likely N-dealkylation sites (tertiary alicyclic amines) is 1. The Balaban J connectivity index is 1.62. The molecule has 2 aromatic rings. The van der Waals surface area contributed by atoms with Crippen molar-refractivity contribution < 1.29 is 14.4 Å². The van der Waals surface area contributed by atoms with E-state index in [4.69, 9.17) is 23.2 Å². The van der Waals surface area contributed by atoms with Gasteiger partial charge in [-0.1, -0.05) is 35.3 Å². The van der Waals surface area contributed by atoms with Gasteiger partial charge >= 0.3 is 0 Å². The van der Waals surface area contributed by atoms with Gasteiger partial charge in [-0.2, -0.15) is 5.10 Å². The molecule has 1 atom stereocenters. The molecule has 33 heavy (non-hydrogen) atoms. The summed E-state index contributed by atoms with van der Waals surface area (Å²) in [5.74, 6) is -1.07. The summed E-state index contributed by atoms with van der Waals surface area (Å²) in [6, 6.07) is 4.52. The summed E-state index contributed by atoms with van der Waals surface area (Å²) in [7, 11) is 3.85. The van der Waals surface area contributed by atoms with Crippen LogP contribution in [-0.4, -0.2) is 77.5 Å². The maximum Gasteiger partial charge on any atom is 0.271 e. The van der Waals surface area contributed by atoms with E-state index in [1.807, 2.05) is 25.1 Å². The first kappa shape index (κ1) is 24.8. The number of anilines is 1. The van der Waals surface area contributed by atoms with Crippen molar-refractivity contribution in [3.63, 3.8) is 0 Å². The van der Waals surface area contributed by atoms with Crippen molar-refractivity contribution in [3.8, 4) is 0 Å². The molecule has 0 saturated carbocycles. The number of rotatable bonds is 7. The van der Waals surface area contributed by atoms with Gasteiger partial charge in [-0.15, -0.1) is 0 Å². The second-order valence-electron chi connectivity index (χ2n) is 7.97. The van der Waals surface area contributed by atoms with E-state index in [0.29, 0.717) is 19.6 Å². The lowest BCUT2D eigenvalue weighted by Gasteiger charge is -2.32. The van der Waals surface area contributed by atoms with E-state index in [-0.39, 0.29) is 38.9 Å². The maximum absolute atomic E-state index is 12.9. The first-order valence-corrected chi connectivity index (χ1v) is 11.2. The van der Waals surface area contributed by atoms with Gasteiger partial charge in [0.05, 0.1) is 27.5 Å². The van der Waals surface area contributed by atoms with Crippen LogP contribution in [0.2, 0.25) is 10.0 Å². The molecule has 0 aliphatic carbocycles. The van der Waals surface area contributed by atoms with Gasteiger partial charge in [0.1, 0.15) is 5.69 Å². The zero-order valence-corrected chi connectivity index (χ0v) is 19.9. The highest BCUT2D eigenvalue weighted by atomic mass is 35.5. The van der Waals surface area contributed by atoms with Gasteiger partial charge in [-0.25, -0.2) is 0 Å².